The number of rotatable bonds is 8. The van der Waals surface area contributed by atoms with E-state index in [0.717, 1.165) is 16.2 Å². The third kappa shape index (κ3) is 4.33. The van der Waals surface area contributed by atoms with Crippen LogP contribution in [-0.2, 0) is 9.59 Å². The second-order valence-electron chi connectivity index (χ2n) is 6.34. The predicted octanol–water partition coefficient (Wildman–Crippen LogP) is 3.70. The summed E-state index contributed by atoms with van der Waals surface area (Å²) in [7, 11) is 3.14. The van der Waals surface area contributed by atoms with Gasteiger partial charge in [0.15, 0.2) is 11.5 Å². The summed E-state index contributed by atoms with van der Waals surface area (Å²) >= 11 is 1.58. The Balaban J connectivity index is 1.87. The van der Waals surface area contributed by atoms with Gasteiger partial charge in [0, 0.05) is 19.3 Å². The highest BCUT2D eigenvalue weighted by atomic mass is 32.1. The van der Waals surface area contributed by atoms with Crippen LogP contribution in [0.1, 0.15) is 42.2 Å². The number of carbonyl (C=O) groups is 2. The number of methoxy groups -OCH3 is 2. The van der Waals surface area contributed by atoms with Crippen molar-refractivity contribution in [3.05, 3.63) is 46.2 Å². The van der Waals surface area contributed by atoms with E-state index in [2.05, 4.69) is 5.10 Å². The number of hydrogen-bond acceptors (Lipinski definition) is 6. The fourth-order valence-electron chi connectivity index (χ4n) is 3.16. The largest absolute Gasteiger partial charge is 0.493 e. The first-order valence-corrected chi connectivity index (χ1v) is 9.78. The molecule has 7 nitrogen and oxygen atoms in total. The molecule has 1 atom stereocenters. The van der Waals surface area contributed by atoms with Crippen molar-refractivity contribution in [2.75, 3.05) is 14.2 Å². The fourth-order valence-corrected chi connectivity index (χ4v) is 3.88. The Hall–Kier alpha value is -2.87. The Labute approximate surface area is 167 Å². The van der Waals surface area contributed by atoms with E-state index in [-0.39, 0.29) is 31.2 Å². The number of aliphatic carboxylic acids is 1. The van der Waals surface area contributed by atoms with Crippen molar-refractivity contribution in [3.63, 3.8) is 0 Å². The average Bonchev–Trinajstić information content (AvgIpc) is 3.36. The number of carboxylic acid groups (broad SMARTS) is 1. The van der Waals surface area contributed by atoms with Crippen LogP contribution in [0.3, 0.4) is 0 Å². The molecule has 0 spiro atoms. The quantitative estimate of drug-likeness (QED) is 0.727. The summed E-state index contributed by atoms with van der Waals surface area (Å²) in [6, 6.07) is 9.22. The molecule has 148 valence electrons. The van der Waals surface area contributed by atoms with Crippen molar-refractivity contribution in [1.29, 1.82) is 0 Å². The van der Waals surface area contributed by atoms with Gasteiger partial charge in [-0.1, -0.05) is 12.1 Å². The predicted molar refractivity (Wildman–Crippen MR) is 106 cm³/mol. The molecule has 2 heterocycles. The van der Waals surface area contributed by atoms with Crippen LogP contribution in [-0.4, -0.2) is 41.9 Å². The summed E-state index contributed by atoms with van der Waals surface area (Å²) in [6.07, 6.45) is 0.966. The SMILES string of the molecule is COc1ccc([C@@H]2CC(c3cccs3)=NN2C(=O)CCCC(=O)O)cc1OC. The Morgan fingerprint density at radius 2 is 2.00 bits per heavy atom. The number of nitrogens with zero attached hydrogens (tertiary/aromatic N) is 2. The lowest BCUT2D eigenvalue weighted by atomic mass is 10.00. The van der Waals surface area contributed by atoms with Crippen LogP contribution < -0.4 is 9.47 Å². The first kappa shape index (κ1) is 19.9. The Bertz CT molecular complexity index is 879. The number of carbonyl (C=O) groups excluding carboxylic acids is 1. The van der Waals surface area contributed by atoms with Crippen molar-refractivity contribution in [3.8, 4) is 11.5 Å². The molecular formula is C20H22N2O5S. The third-order valence-corrected chi connectivity index (χ3v) is 5.46. The molecule has 0 saturated carbocycles. The standard InChI is InChI=1S/C20H22N2O5S/c1-26-16-9-8-13(11-17(16)27-2)15-12-14(18-5-4-10-28-18)21-22(15)19(23)6-3-7-20(24)25/h4-5,8-11,15H,3,6-7,12H2,1-2H3,(H,24,25)/t15-/m0/s1. The van der Waals surface area contributed by atoms with Gasteiger partial charge in [-0.3, -0.25) is 9.59 Å². The molecule has 1 aliphatic heterocycles. The summed E-state index contributed by atoms with van der Waals surface area (Å²) < 4.78 is 10.7. The van der Waals surface area contributed by atoms with Crippen molar-refractivity contribution in [1.82, 2.24) is 5.01 Å². The zero-order valence-corrected chi connectivity index (χ0v) is 16.6. The first-order valence-electron chi connectivity index (χ1n) is 8.90. The van der Waals surface area contributed by atoms with Crippen LogP contribution in [0.2, 0.25) is 0 Å². The van der Waals surface area contributed by atoms with Crippen LogP contribution in [0.25, 0.3) is 0 Å². The lowest BCUT2D eigenvalue weighted by Crippen LogP contribution is -2.27. The Kier molecular flexibility index (Phi) is 6.30. The van der Waals surface area contributed by atoms with Gasteiger partial charge >= 0.3 is 5.97 Å². The van der Waals surface area contributed by atoms with Crippen molar-refractivity contribution >= 4 is 28.9 Å². The van der Waals surface area contributed by atoms with Gasteiger partial charge < -0.3 is 14.6 Å². The molecule has 1 N–H and O–H groups in total. The minimum Gasteiger partial charge on any atom is -0.493 e. The number of thiophene rings is 1. The normalized spacial score (nSPS) is 16.0. The van der Waals surface area contributed by atoms with Gasteiger partial charge in [0.2, 0.25) is 5.91 Å². The number of carboxylic acids is 1. The summed E-state index contributed by atoms with van der Waals surface area (Å²) in [4.78, 5) is 24.5. The Morgan fingerprint density at radius 1 is 1.21 bits per heavy atom. The molecule has 2 aromatic rings. The van der Waals surface area contributed by atoms with Crippen LogP contribution in [0, 0.1) is 0 Å². The molecule has 1 aromatic heterocycles. The fraction of sp³-hybridized carbons (Fsp3) is 0.350. The zero-order chi connectivity index (χ0) is 20.1. The summed E-state index contributed by atoms with van der Waals surface area (Å²) in [6.45, 7) is 0. The average molecular weight is 402 g/mol. The number of benzene rings is 1. The third-order valence-electron chi connectivity index (χ3n) is 4.55. The maximum atomic E-state index is 12.8. The molecule has 1 aliphatic rings. The second kappa shape index (κ2) is 8.88. The van der Waals surface area contributed by atoms with Gasteiger partial charge in [0.25, 0.3) is 0 Å². The topological polar surface area (TPSA) is 88.4 Å². The van der Waals surface area contributed by atoms with Crippen molar-refractivity contribution < 1.29 is 24.2 Å². The zero-order valence-electron chi connectivity index (χ0n) is 15.8. The van der Waals surface area contributed by atoms with Gasteiger partial charge in [-0.15, -0.1) is 11.3 Å². The summed E-state index contributed by atoms with van der Waals surface area (Å²) in [5.41, 5.74) is 1.74. The van der Waals surface area contributed by atoms with E-state index in [0.29, 0.717) is 17.9 Å². The highest BCUT2D eigenvalue weighted by Gasteiger charge is 2.33. The van der Waals surface area contributed by atoms with Gasteiger partial charge in [-0.05, 0) is 35.6 Å². The van der Waals surface area contributed by atoms with Gasteiger partial charge in [-0.25, -0.2) is 5.01 Å². The molecule has 1 amide bonds. The van der Waals surface area contributed by atoms with Crippen molar-refractivity contribution in [2.24, 2.45) is 5.10 Å². The maximum absolute atomic E-state index is 12.8. The lowest BCUT2D eigenvalue weighted by Gasteiger charge is -2.23. The van der Waals surface area contributed by atoms with Crippen LogP contribution in [0.4, 0.5) is 0 Å². The molecular weight excluding hydrogens is 380 g/mol. The molecule has 3 rings (SSSR count). The monoisotopic (exact) mass is 402 g/mol. The lowest BCUT2D eigenvalue weighted by molar-refractivity contribution is -0.137. The van der Waals surface area contributed by atoms with E-state index in [1.54, 1.807) is 25.6 Å². The molecule has 0 radical (unpaired) electrons. The first-order chi connectivity index (χ1) is 13.5. The molecule has 0 fully saturated rings. The van der Waals surface area contributed by atoms with Crippen LogP contribution in [0.5, 0.6) is 11.5 Å². The highest BCUT2D eigenvalue weighted by molar-refractivity contribution is 7.12. The number of hydrazone groups is 1. The molecule has 28 heavy (non-hydrogen) atoms. The molecule has 0 unspecified atom stereocenters. The van der Waals surface area contributed by atoms with Gasteiger partial charge in [0.1, 0.15) is 0 Å². The van der Waals surface area contributed by atoms with E-state index >= 15 is 0 Å². The summed E-state index contributed by atoms with van der Waals surface area (Å²) in [5.74, 6) is 0.104. The Morgan fingerprint density at radius 3 is 2.64 bits per heavy atom. The molecule has 0 saturated heterocycles. The molecule has 8 heteroatoms. The molecule has 1 aromatic carbocycles. The molecule has 0 bridgehead atoms. The van der Waals surface area contributed by atoms with Crippen LogP contribution in [0.15, 0.2) is 40.8 Å². The van der Waals surface area contributed by atoms with Gasteiger partial charge in [-0.2, -0.15) is 5.10 Å². The molecule has 0 aliphatic carbocycles. The van der Waals surface area contributed by atoms with E-state index in [9.17, 15) is 9.59 Å². The number of amides is 1. The van der Waals surface area contributed by atoms with Crippen LogP contribution >= 0.6 is 11.3 Å². The summed E-state index contributed by atoms with van der Waals surface area (Å²) in [5, 5.41) is 16.9. The smallest absolute Gasteiger partial charge is 0.303 e. The minimum absolute atomic E-state index is 0.0396. The second-order valence-corrected chi connectivity index (χ2v) is 7.29. The van der Waals surface area contributed by atoms with E-state index in [1.807, 2.05) is 35.7 Å². The van der Waals surface area contributed by atoms with E-state index < -0.39 is 5.97 Å². The number of ether oxygens (including phenoxy) is 2. The van der Waals surface area contributed by atoms with E-state index in [1.165, 1.54) is 5.01 Å². The minimum atomic E-state index is -0.909. The van der Waals surface area contributed by atoms with Crippen molar-refractivity contribution in [2.45, 2.75) is 31.7 Å². The van der Waals surface area contributed by atoms with Gasteiger partial charge in [0.05, 0.1) is 30.9 Å². The van der Waals surface area contributed by atoms with E-state index in [4.69, 9.17) is 14.6 Å². The highest BCUT2D eigenvalue weighted by Crippen LogP contribution is 2.38. The number of hydrogen-bond donors (Lipinski definition) is 1. The maximum Gasteiger partial charge on any atom is 0.303 e.